The van der Waals surface area contributed by atoms with Gasteiger partial charge in [-0.3, -0.25) is 9.67 Å². The molecule has 1 atom stereocenters. The van der Waals surface area contributed by atoms with Gasteiger partial charge in [0.1, 0.15) is 0 Å². The Labute approximate surface area is 142 Å². The summed E-state index contributed by atoms with van der Waals surface area (Å²) in [5.74, 6) is 0. The fourth-order valence-electron chi connectivity index (χ4n) is 2.18. The molecule has 0 saturated heterocycles. The summed E-state index contributed by atoms with van der Waals surface area (Å²) in [7, 11) is 6.07. The molecule has 1 N–H and O–H groups in total. The molecule has 0 aliphatic carbocycles. The predicted octanol–water partition coefficient (Wildman–Crippen LogP) is 2.67. The van der Waals surface area contributed by atoms with Crippen molar-refractivity contribution in [3.8, 4) is 0 Å². The Hall–Kier alpha value is -0.760. The van der Waals surface area contributed by atoms with Crippen molar-refractivity contribution in [2.45, 2.75) is 12.6 Å². The normalized spacial score (nSPS) is 12.9. The van der Waals surface area contributed by atoms with Gasteiger partial charge >= 0.3 is 0 Å². The van der Waals surface area contributed by atoms with E-state index in [9.17, 15) is 0 Å². The van der Waals surface area contributed by atoms with Crippen LogP contribution in [0.4, 0.5) is 0 Å². The lowest BCUT2D eigenvalue weighted by Crippen LogP contribution is -2.25. The van der Waals surface area contributed by atoms with E-state index in [1.165, 1.54) is 0 Å². The average molecular weight is 417 g/mol. The van der Waals surface area contributed by atoms with E-state index < -0.39 is 0 Å². The van der Waals surface area contributed by atoms with Gasteiger partial charge in [-0.1, -0.05) is 0 Å². The van der Waals surface area contributed by atoms with Crippen LogP contribution in [0.15, 0.2) is 33.6 Å². The Morgan fingerprint density at radius 1 is 1.29 bits per heavy atom. The monoisotopic (exact) mass is 415 g/mol. The van der Waals surface area contributed by atoms with Gasteiger partial charge in [0.25, 0.3) is 0 Å². The summed E-state index contributed by atoms with van der Waals surface area (Å²) in [6, 6.07) is 2.11. The van der Waals surface area contributed by atoms with Crippen molar-refractivity contribution >= 4 is 31.9 Å². The van der Waals surface area contributed by atoms with Crippen LogP contribution < -0.4 is 5.32 Å². The Balaban J connectivity index is 2.35. The smallest absolute Gasteiger partial charge is 0.0772 e. The highest BCUT2D eigenvalue weighted by atomic mass is 79.9. The van der Waals surface area contributed by atoms with Crippen molar-refractivity contribution in [1.82, 2.24) is 25.0 Å². The zero-order valence-corrected chi connectivity index (χ0v) is 15.5. The fraction of sp³-hybridized carbons (Fsp3) is 0.429. The Kier molecular flexibility index (Phi) is 5.92. The molecule has 0 radical (unpaired) electrons. The third kappa shape index (κ3) is 4.12. The molecule has 0 spiro atoms. The predicted molar refractivity (Wildman–Crippen MR) is 91.3 cm³/mol. The highest BCUT2D eigenvalue weighted by Crippen LogP contribution is 2.29. The molecular weight excluding hydrogens is 398 g/mol. The van der Waals surface area contributed by atoms with Crippen molar-refractivity contribution in [3.05, 3.63) is 44.9 Å². The Bertz CT molecular complexity index is 597. The van der Waals surface area contributed by atoms with Crippen molar-refractivity contribution in [2.24, 2.45) is 0 Å². The van der Waals surface area contributed by atoms with Crippen molar-refractivity contribution in [1.29, 1.82) is 0 Å². The molecule has 5 nitrogen and oxygen atoms in total. The number of hydrogen-bond acceptors (Lipinski definition) is 4. The van der Waals surface area contributed by atoms with E-state index in [0.717, 1.165) is 33.3 Å². The molecule has 0 aromatic carbocycles. The SMILES string of the molecule is CNC(c1cncc(Br)c1)c1c(Br)cnn1CCN(C)C. The second-order valence-electron chi connectivity index (χ2n) is 5.06. The second-order valence-corrected chi connectivity index (χ2v) is 6.83. The van der Waals surface area contributed by atoms with Gasteiger partial charge < -0.3 is 10.2 Å². The standard InChI is InChI=1S/C14H19Br2N5/c1-17-13(10-6-11(15)8-18-7-10)14-12(16)9-19-21(14)5-4-20(2)3/h6-9,13,17H,4-5H2,1-3H3. The molecule has 2 aromatic heterocycles. The molecule has 1 unspecified atom stereocenters. The van der Waals surface area contributed by atoms with E-state index >= 15 is 0 Å². The molecule has 2 heterocycles. The summed E-state index contributed by atoms with van der Waals surface area (Å²) in [4.78, 5) is 6.40. The third-order valence-corrected chi connectivity index (χ3v) is 4.26. The molecule has 0 aliphatic heterocycles. The number of nitrogens with zero attached hydrogens (tertiary/aromatic N) is 4. The summed E-state index contributed by atoms with van der Waals surface area (Å²) in [6.07, 6.45) is 5.51. The molecule has 2 rings (SSSR count). The van der Waals surface area contributed by atoms with Crippen molar-refractivity contribution in [2.75, 3.05) is 27.7 Å². The van der Waals surface area contributed by atoms with Crippen LogP contribution in [0.2, 0.25) is 0 Å². The first-order valence-corrected chi connectivity index (χ1v) is 8.25. The lowest BCUT2D eigenvalue weighted by molar-refractivity contribution is 0.366. The lowest BCUT2D eigenvalue weighted by Gasteiger charge is -2.20. The maximum atomic E-state index is 4.48. The van der Waals surface area contributed by atoms with Crippen LogP contribution in [-0.2, 0) is 6.54 Å². The molecule has 114 valence electrons. The number of hydrogen-bond donors (Lipinski definition) is 1. The lowest BCUT2D eigenvalue weighted by atomic mass is 10.1. The first kappa shape index (κ1) is 16.6. The van der Waals surface area contributed by atoms with E-state index in [1.807, 2.05) is 24.1 Å². The number of halogens is 2. The molecule has 0 fully saturated rings. The summed E-state index contributed by atoms with van der Waals surface area (Å²) < 4.78 is 4.00. The largest absolute Gasteiger partial charge is 0.308 e. The van der Waals surface area contributed by atoms with Crippen LogP contribution in [0, 0.1) is 0 Å². The number of nitrogens with one attached hydrogen (secondary N) is 1. The minimum absolute atomic E-state index is 0.0361. The molecule has 0 amide bonds. The van der Waals surface area contributed by atoms with Crippen molar-refractivity contribution in [3.63, 3.8) is 0 Å². The van der Waals surface area contributed by atoms with E-state index in [2.05, 4.69) is 72.3 Å². The molecule has 0 saturated carbocycles. The van der Waals surface area contributed by atoms with Gasteiger partial charge in [-0.2, -0.15) is 5.10 Å². The zero-order valence-electron chi connectivity index (χ0n) is 12.3. The third-order valence-electron chi connectivity index (χ3n) is 3.21. The van der Waals surface area contributed by atoms with Crippen LogP contribution >= 0.6 is 31.9 Å². The van der Waals surface area contributed by atoms with Crippen LogP contribution in [0.3, 0.4) is 0 Å². The maximum absolute atomic E-state index is 4.48. The van der Waals surface area contributed by atoms with E-state index in [0.29, 0.717) is 0 Å². The van der Waals surface area contributed by atoms with E-state index in [1.54, 1.807) is 6.20 Å². The highest BCUT2D eigenvalue weighted by molar-refractivity contribution is 9.10. The van der Waals surface area contributed by atoms with Crippen molar-refractivity contribution < 1.29 is 0 Å². The van der Waals surface area contributed by atoms with Gasteiger partial charge in [-0.25, -0.2) is 0 Å². The Morgan fingerprint density at radius 2 is 2.05 bits per heavy atom. The number of aromatic nitrogens is 3. The molecular formula is C14H19Br2N5. The fourth-order valence-corrected chi connectivity index (χ4v) is 3.09. The van der Waals surface area contributed by atoms with Gasteiger partial charge in [0.2, 0.25) is 0 Å². The number of pyridine rings is 1. The molecule has 7 heteroatoms. The van der Waals surface area contributed by atoms with Gasteiger partial charge in [0, 0.05) is 23.4 Å². The van der Waals surface area contributed by atoms with Crippen LogP contribution in [0.5, 0.6) is 0 Å². The first-order chi connectivity index (χ1) is 10.0. The summed E-state index contributed by atoms with van der Waals surface area (Å²) in [5.41, 5.74) is 2.21. The second kappa shape index (κ2) is 7.49. The zero-order chi connectivity index (χ0) is 15.4. The van der Waals surface area contributed by atoms with Gasteiger partial charge in [0.05, 0.1) is 29.0 Å². The van der Waals surface area contributed by atoms with Crippen LogP contribution in [0.25, 0.3) is 0 Å². The summed E-state index contributed by atoms with van der Waals surface area (Å²) in [6.45, 7) is 1.78. The molecule has 21 heavy (non-hydrogen) atoms. The molecule has 2 aromatic rings. The van der Waals surface area contributed by atoms with Gasteiger partial charge in [-0.15, -0.1) is 0 Å². The minimum atomic E-state index is 0.0361. The number of likely N-dealkylation sites (N-methyl/N-ethyl adjacent to an activating group) is 1. The Morgan fingerprint density at radius 3 is 2.67 bits per heavy atom. The first-order valence-electron chi connectivity index (χ1n) is 6.66. The number of rotatable bonds is 6. The average Bonchev–Trinajstić information content (AvgIpc) is 2.79. The minimum Gasteiger partial charge on any atom is -0.308 e. The summed E-state index contributed by atoms with van der Waals surface area (Å²) in [5, 5.41) is 7.83. The quantitative estimate of drug-likeness (QED) is 0.786. The van der Waals surface area contributed by atoms with E-state index in [-0.39, 0.29) is 6.04 Å². The maximum Gasteiger partial charge on any atom is 0.0772 e. The highest BCUT2D eigenvalue weighted by Gasteiger charge is 2.21. The molecule has 0 aliphatic rings. The molecule has 0 bridgehead atoms. The van der Waals surface area contributed by atoms with Crippen LogP contribution in [-0.4, -0.2) is 47.4 Å². The van der Waals surface area contributed by atoms with Crippen LogP contribution in [0.1, 0.15) is 17.3 Å². The van der Waals surface area contributed by atoms with E-state index in [4.69, 9.17) is 0 Å². The topological polar surface area (TPSA) is 46.0 Å². The summed E-state index contributed by atoms with van der Waals surface area (Å²) >= 11 is 7.09. The van der Waals surface area contributed by atoms with Gasteiger partial charge in [-0.05, 0) is 64.6 Å². The van der Waals surface area contributed by atoms with Gasteiger partial charge in [0.15, 0.2) is 0 Å².